The van der Waals surface area contributed by atoms with Crippen molar-refractivity contribution in [1.29, 1.82) is 10.5 Å². The summed E-state index contributed by atoms with van der Waals surface area (Å²) in [5.41, 5.74) is 2.35. The number of hydrogen-bond acceptors (Lipinski definition) is 4. The summed E-state index contributed by atoms with van der Waals surface area (Å²) < 4.78 is 5.49. The summed E-state index contributed by atoms with van der Waals surface area (Å²) in [5, 5.41) is 18.2. The standard InChI is InChI=1S/C20H18N2O2/c1-2-3-4-8-20(23)24-19-10-9-16(14-22)12-18(19)17-7-5-6-15(11-17)13-21/h5-7,9-12H,2-4,8H2,1H3. The Morgan fingerprint density at radius 3 is 2.50 bits per heavy atom. The molecule has 120 valence electrons. The van der Waals surface area contributed by atoms with Crippen molar-refractivity contribution in [3.63, 3.8) is 0 Å². The van der Waals surface area contributed by atoms with E-state index in [1.165, 1.54) is 0 Å². The zero-order valence-electron chi connectivity index (χ0n) is 13.6. The molecule has 0 fully saturated rings. The van der Waals surface area contributed by atoms with Crippen LogP contribution in [0.5, 0.6) is 5.75 Å². The Labute approximate surface area is 141 Å². The molecule has 0 unspecified atom stereocenters. The highest BCUT2D eigenvalue weighted by Gasteiger charge is 2.12. The van der Waals surface area contributed by atoms with E-state index >= 15 is 0 Å². The maximum atomic E-state index is 12.0. The summed E-state index contributed by atoms with van der Waals surface area (Å²) >= 11 is 0. The van der Waals surface area contributed by atoms with Crippen LogP contribution in [-0.2, 0) is 4.79 Å². The molecule has 0 heterocycles. The van der Waals surface area contributed by atoms with Crippen LogP contribution in [0.2, 0.25) is 0 Å². The SMILES string of the molecule is CCCCCC(=O)Oc1ccc(C#N)cc1-c1cccc(C#N)c1. The molecule has 0 aromatic heterocycles. The summed E-state index contributed by atoms with van der Waals surface area (Å²) in [6, 6.07) is 16.1. The van der Waals surface area contributed by atoms with Gasteiger partial charge < -0.3 is 4.74 Å². The third-order valence-electron chi connectivity index (χ3n) is 3.62. The van der Waals surface area contributed by atoms with Crippen LogP contribution in [0.1, 0.15) is 43.7 Å². The molecule has 2 aromatic rings. The Bertz CT molecular complexity index is 813. The van der Waals surface area contributed by atoms with Crippen LogP contribution in [0.25, 0.3) is 11.1 Å². The van der Waals surface area contributed by atoms with Crippen molar-refractivity contribution in [3.05, 3.63) is 53.6 Å². The summed E-state index contributed by atoms with van der Waals surface area (Å²) in [7, 11) is 0. The lowest BCUT2D eigenvalue weighted by atomic mass is 10.0. The van der Waals surface area contributed by atoms with Crippen LogP contribution in [-0.4, -0.2) is 5.97 Å². The van der Waals surface area contributed by atoms with Crippen LogP contribution >= 0.6 is 0 Å². The highest BCUT2D eigenvalue weighted by Crippen LogP contribution is 2.32. The fourth-order valence-electron chi connectivity index (χ4n) is 2.36. The molecule has 2 aromatic carbocycles. The number of esters is 1. The minimum atomic E-state index is -0.286. The second kappa shape index (κ2) is 8.50. The van der Waals surface area contributed by atoms with E-state index in [9.17, 15) is 4.79 Å². The number of nitrogens with zero attached hydrogens (tertiary/aromatic N) is 2. The van der Waals surface area contributed by atoms with Crippen LogP contribution in [0.15, 0.2) is 42.5 Å². The van der Waals surface area contributed by atoms with Crippen LogP contribution in [0.3, 0.4) is 0 Å². The first-order chi connectivity index (χ1) is 11.7. The van der Waals surface area contributed by atoms with Gasteiger partial charge in [0.25, 0.3) is 0 Å². The molecule has 0 saturated heterocycles. The normalized spacial score (nSPS) is 9.79. The first-order valence-corrected chi connectivity index (χ1v) is 7.93. The van der Waals surface area contributed by atoms with Crippen molar-refractivity contribution < 1.29 is 9.53 Å². The third-order valence-corrected chi connectivity index (χ3v) is 3.62. The molecular weight excluding hydrogens is 300 g/mol. The van der Waals surface area contributed by atoms with E-state index in [0.717, 1.165) is 24.8 Å². The maximum Gasteiger partial charge on any atom is 0.311 e. The van der Waals surface area contributed by atoms with Crippen molar-refractivity contribution in [2.45, 2.75) is 32.6 Å². The number of rotatable bonds is 6. The monoisotopic (exact) mass is 318 g/mol. The summed E-state index contributed by atoms with van der Waals surface area (Å²) in [6.45, 7) is 2.08. The smallest absolute Gasteiger partial charge is 0.311 e. The number of carbonyl (C=O) groups excluding carboxylic acids is 1. The molecule has 4 nitrogen and oxygen atoms in total. The van der Waals surface area contributed by atoms with E-state index in [1.807, 2.05) is 6.07 Å². The molecule has 24 heavy (non-hydrogen) atoms. The Balaban J connectivity index is 2.33. The van der Waals surface area contributed by atoms with Gasteiger partial charge in [-0.25, -0.2) is 0 Å². The van der Waals surface area contributed by atoms with E-state index in [-0.39, 0.29) is 5.97 Å². The fourth-order valence-corrected chi connectivity index (χ4v) is 2.36. The molecule has 0 spiro atoms. The van der Waals surface area contributed by atoms with E-state index in [1.54, 1.807) is 36.4 Å². The Morgan fingerprint density at radius 2 is 1.79 bits per heavy atom. The van der Waals surface area contributed by atoms with Gasteiger partial charge in [0.2, 0.25) is 0 Å². The minimum absolute atomic E-state index is 0.286. The van der Waals surface area contributed by atoms with Crippen molar-refractivity contribution >= 4 is 5.97 Å². The van der Waals surface area contributed by atoms with Gasteiger partial charge in [0.05, 0.1) is 23.3 Å². The predicted molar refractivity (Wildman–Crippen MR) is 91.1 cm³/mol. The lowest BCUT2D eigenvalue weighted by Gasteiger charge is -2.11. The van der Waals surface area contributed by atoms with Gasteiger partial charge in [-0.3, -0.25) is 4.79 Å². The molecule has 2 rings (SSSR count). The molecule has 0 atom stereocenters. The lowest BCUT2D eigenvalue weighted by molar-refractivity contribution is -0.134. The van der Waals surface area contributed by atoms with Gasteiger partial charge in [0, 0.05) is 12.0 Å². The zero-order chi connectivity index (χ0) is 17.4. The van der Waals surface area contributed by atoms with Gasteiger partial charge >= 0.3 is 5.97 Å². The van der Waals surface area contributed by atoms with E-state index in [2.05, 4.69) is 19.1 Å². The Hall–Kier alpha value is -3.11. The highest BCUT2D eigenvalue weighted by molar-refractivity contribution is 5.79. The molecule has 0 bridgehead atoms. The van der Waals surface area contributed by atoms with Crippen molar-refractivity contribution in [3.8, 4) is 29.0 Å². The average molecular weight is 318 g/mol. The third kappa shape index (κ3) is 4.44. The number of ether oxygens (including phenoxy) is 1. The molecule has 0 radical (unpaired) electrons. The molecule has 0 aliphatic heterocycles. The van der Waals surface area contributed by atoms with Crippen molar-refractivity contribution in [2.75, 3.05) is 0 Å². The van der Waals surface area contributed by atoms with Gasteiger partial charge in [-0.1, -0.05) is 31.9 Å². The number of nitriles is 2. The molecule has 0 amide bonds. The van der Waals surface area contributed by atoms with Gasteiger partial charge in [0.1, 0.15) is 5.75 Å². The number of carbonyl (C=O) groups is 1. The predicted octanol–water partition coefficient (Wildman–Crippen LogP) is 4.58. The molecule has 0 aliphatic carbocycles. The first-order valence-electron chi connectivity index (χ1n) is 7.93. The summed E-state index contributed by atoms with van der Waals surface area (Å²) in [5.74, 6) is 0.122. The van der Waals surface area contributed by atoms with Gasteiger partial charge in [-0.2, -0.15) is 10.5 Å². The fraction of sp³-hybridized carbons (Fsp3) is 0.250. The largest absolute Gasteiger partial charge is 0.426 e. The summed E-state index contributed by atoms with van der Waals surface area (Å²) in [6.07, 6.45) is 3.19. The first kappa shape index (κ1) is 17.2. The van der Waals surface area contributed by atoms with Gasteiger partial charge in [0.15, 0.2) is 0 Å². The van der Waals surface area contributed by atoms with Crippen LogP contribution in [0.4, 0.5) is 0 Å². The summed E-state index contributed by atoms with van der Waals surface area (Å²) in [4.78, 5) is 12.0. The molecule has 0 saturated carbocycles. The van der Waals surface area contributed by atoms with E-state index < -0.39 is 0 Å². The Kier molecular flexibility index (Phi) is 6.11. The minimum Gasteiger partial charge on any atom is -0.426 e. The number of hydrogen-bond donors (Lipinski definition) is 0. The van der Waals surface area contributed by atoms with Crippen LogP contribution in [0, 0.1) is 22.7 Å². The van der Waals surface area contributed by atoms with Gasteiger partial charge in [-0.15, -0.1) is 0 Å². The molecule has 4 heteroatoms. The number of benzene rings is 2. The van der Waals surface area contributed by atoms with Crippen molar-refractivity contribution in [2.24, 2.45) is 0 Å². The second-order valence-electron chi connectivity index (χ2n) is 5.45. The van der Waals surface area contributed by atoms with E-state index in [4.69, 9.17) is 15.3 Å². The lowest BCUT2D eigenvalue weighted by Crippen LogP contribution is -2.08. The molecule has 0 N–H and O–H groups in total. The van der Waals surface area contributed by atoms with Crippen LogP contribution < -0.4 is 4.74 Å². The van der Waals surface area contributed by atoms with E-state index in [0.29, 0.717) is 28.9 Å². The zero-order valence-corrected chi connectivity index (χ0v) is 13.6. The maximum absolute atomic E-state index is 12.0. The highest BCUT2D eigenvalue weighted by atomic mass is 16.5. The van der Waals surface area contributed by atoms with Gasteiger partial charge in [-0.05, 0) is 42.3 Å². The van der Waals surface area contributed by atoms with Crippen molar-refractivity contribution in [1.82, 2.24) is 0 Å². The number of unbranched alkanes of at least 4 members (excludes halogenated alkanes) is 2. The average Bonchev–Trinajstić information content (AvgIpc) is 2.62. The quantitative estimate of drug-likeness (QED) is 0.444. The molecular formula is C20H18N2O2. The molecule has 0 aliphatic rings. The topological polar surface area (TPSA) is 73.9 Å². The second-order valence-corrected chi connectivity index (χ2v) is 5.45. The Morgan fingerprint density at radius 1 is 1.04 bits per heavy atom.